The molecule has 4 aromatic rings. The first-order chi connectivity index (χ1) is 15.6. The van der Waals surface area contributed by atoms with Crippen molar-refractivity contribution >= 4 is 33.3 Å². The van der Waals surface area contributed by atoms with E-state index >= 15 is 0 Å². The van der Waals surface area contributed by atoms with E-state index in [-0.39, 0.29) is 0 Å². The Hall–Kier alpha value is -2.78. The third-order valence-corrected chi connectivity index (χ3v) is 8.22. The Bertz CT molecular complexity index is 1390. The van der Waals surface area contributed by atoms with Crippen molar-refractivity contribution in [2.45, 2.75) is 11.6 Å². The summed E-state index contributed by atoms with van der Waals surface area (Å²) in [6, 6.07) is 27.0. The summed E-state index contributed by atoms with van der Waals surface area (Å²) >= 11 is 5.88. The van der Waals surface area contributed by atoms with Crippen LogP contribution < -0.4 is 0 Å². The molecule has 0 bridgehead atoms. The maximum Gasteiger partial charge on any atom is 0.243 e. The van der Waals surface area contributed by atoms with Crippen LogP contribution in [0.5, 0.6) is 0 Å². The van der Waals surface area contributed by atoms with E-state index in [1.54, 1.807) is 28.6 Å². The summed E-state index contributed by atoms with van der Waals surface area (Å²) in [5.74, 6) is 0. The molecule has 8 heteroatoms. The molecular formula is C24H24N4O2S2. The summed E-state index contributed by atoms with van der Waals surface area (Å²) in [5.41, 5.74) is 3.17. The smallest absolute Gasteiger partial charge is 0.243 e. The van der Waals surface area contributed by atoms with Gasteiger partial charge in [0.25, 0.3) is 0 Å². The van der Waals surface area contributed by atoms with E-state index in [4.69, 9.17) is 12.2 Å². The van der Waals surface area contributed by atoms with Gasteiger partial charge in [-0.25, -0.2) is 8.42 Å². The van der Waals surface area contributed by atoms with Gasteiger partial charge in [0.05, 0.1) is 22.6 Å². The molecule has 5 rings (SSSR count). The van der Waals surface area contributed by atoms with E-state index in [1.807, 2.05) is 36.4 Å². The van der Waals surface area contributed by atoms with Crippen LogP contribution in [0.3, 0.4) is 0 Å². The highest BCUT2D eigenvalue weighted by Crippen LogP contribution is 2.24. The van der Waals surface area contributed by atoms with Crippen molar-refractivity contribution in [3.8, 4) is 5.69 Å². The molecule has 0 saturated carbocycles. The minimum atomic E-state index is -3.46. The van der Waals surface area contributed by atoms with Crippen LogP contribution in [0.25, 0.3) is 16.7 Å². The predicted octanol–water partition coefficient (Wildman–Crippen LogP) is 4.13. The Balaban J connectivity index is 1.39. The van der Waals surface area contributed by atoms with Gasteiger partial charge < -0.3 is 4.57 Å². The van der Waals surface area contributed by atoms with Gasteiger partial charge in [-0.05, 0) is 48.6 Å². The first kappa shape index (κ1) is 21.1. The molecule has 6 nitrogen and oxygen atoms in total. The quantitative estimate of drug-likeness (QED) is 0.417. The SMILES string of the molecule is O=S(=O)(c1ccccc1)N1CCN(Cn2c(=S)n(-c3ccccc3)c3ccccc32)CC1. The van der Waals surface area contributed by atoms with Gasteiger partial charge >= 0.3 is 0 Å². The highest BCUT2D eigenvalue weighted by atomic mass is 32.2. The number of nitrogens with zero attached hydrogens (tertiary/aromatic N) is 4. The number of benzene rings is 3. The van der Waals surface area contributed by atoms with Crippen LogP contribution in [0.4, 0.5) is 0 Å². The topological polar surface area (TPSA) is 50.5 Å². The largest absolute Gasteiger partial charge is 0.303 e. The highest BCUT2D eigenvalue weighted by Gasteiger charge is 2.28. The zero-order chi connectivity index (χ0) is 22.1. The second-order valence-electron chi connectivity index (χ2n) is 7.85. The molecule has 0 unspecified atom stereocenters. The lowest BCUT2D eigenvalue weighted by Crippen LogP contribution is -2.48. The number of sulfonamides is 1. The van der Waals surface area contributed by atoms with Gasteiger partial charge in [0, 0.05) is 31.9 Å². The van der Waals surface area contributed by atoms with Crippen molar-refractivity contribution in [1.82, 2.24) is 18.3 Å². The van der Waals surface area contributed by atoms with Crippen LogP contribution in [0.2, 0.25) is 0 Å². The third-order valence-electron chi connectivity index (χ3n) is 5.90. The van der Waals surface area contributed by atoms with Gasteiger partial charge in [0.15, 0.2) is 4.77 Å². The average Bonchev–Trinajstić information content (AvgIpc) is 3.12. The van der Waals surface area contributed by atoms with E-state index in [0.29, 0.717) is 37.7 Å². The van der Waals surface area contributed by atoms with E-state index in [9.17, 15) is 8.42 Å². The maximum absolute atomic E-state index is 12.9. The Kier molecular flexibility index (Phi) is 5.69. The molecule has 0 spiro atoms. The van der Waals surface area contributed by atoms with E-state index in [0.717, 1.165) is 21.5 Å². The van der Waals surface area contributed by atoms with Gasteiger partial charge in [0.1, 0.15) is 0 Å². The minimum absolute atomic E-state index is 0.349. The van der Waals surface area contributed by atoms with Crippen LogP contribution >= 0.6 is 12.2 Å². The van der Waals surface area contributed by atoms with Gasteiger partial charge in [-0.2, -0.15) is 4.31 Å². The maximum atomic E-state index is 12.9. The Morgan fingerprint density at radius 3 is 1.94 bits per heavy atom. The number of fused-ring (bicyclic) bond motifs is 1. The Morgan fingerprint density at radius 2 is 1.28 bits per heavy atom. The van der Waals surface area contributed by atoms with Gasteiger partial charge in [-0.1, -0.05) is 48.5 Å². The Morgan fingerprint density at radius 1 is 0.719 bits per heavy atom. The normalized spacial score (nSPS) is 15.9. The van der Waals surface area contributed by atoms with E-state index in [2.05, 4.69) is 38.3 Å². The number of rotatable bonds is 5. The minimum Gasteiger partial charge on any atom is -0.303 e. The first-order valence-corrected chi connectivity index (χ1v) is 12.4. The fraction of sp³-hybridized carbons (Fsp3) is 0.208. The molecule has 0 atom stereocenters. The second kappa shape index (κ2) is 8.63. The van der Waals surface area contributed by atoms with Crippen LogP contribution in [0.1, 0.15) is 0 Å². The predicted molar refractivity (Wildman–Crippen MR) is 129 cm³/mol. The molecule has 1 fully saturated rings. The van der Waals surface area contributed by atoms with Crippen molar-refractivity contribution in [3.63, 3.8) is 0 Å². The average molecular weight is 465 g/mol. The van der Waals surface area contributed by atoms with Crippen molar-refractivity contribution in [2.75, 3.05) is 26.2 Å². The molecule has 1 aromatic heterocycles. The molecule has 32 heavy (non-hydrogen) atoms. The van der Waals surface area contributed by atoms with Gasteiger partial charge in [0.2, 0.25) is 10.0 Å². The molecule has 1 aliphatic heterocycles. The lowest BCUT2D eigenvalue weighted by molar-refractivity contribution is 0.153. The third kappa shape index (κ3) is 3.80. The number of hydrogen-bond donors (Lipinski definition) is 0. The summed E-state index contributed by atoms with van der Waals surface area (Å²) in [6.45, 7) is 2.85. The van der Waals surface area contributed by atoms with E-state index < -0.39 is 10.0 Å². The van der Waals surface area contributed by atoms with Crippen LogP contribution in [0, 0.1) is 4.77 Å². The lowest BCUT2D eigenvalue weighted by atomic mass is 10.3. The van der Waals surface area contributed by atoms with Crippen molar-refractivity contribution < 1.29 is 8.42 Å². The van der Waals surface area contributed by atoms with E-state index in [1.165, 1.54) is 0 Å². The second-order valence-corrected chi connectivity index (χ2v) is 10.1. The fourth-order valence-corrected chi connectivity index (χ4v) is 6.03. The molecule has 0 aliphatic carbocycles. The zero-order valence-electron chi connectivity index (χ0n) is 17.5. The van der Waals surface area contributed by atoms with Crippen molar-refractivity contribution in [1.29, 1.82) is 0 Å². The Labute approximate surface area is 193 Å². The molecule has 1 saturated heterocycles. The summed E-state index contributed by atoms with van der Waals surface area (Å²) in [5, 5.41) is 0. The lowest BCUT2D eigenvalue weighted by Gasteiger charge is -2.34. The zero-order valence-corrected chi connectivity index (χ0v) is 19.2. The first-order valence-electron chi connectivity index (χ1n) is 10.6. The van der Waals surface area contributed by atoms with Crippen LogP contribution in [0.15, 0.2) is 89.8 Å². The highest BCUT2D eigenvalue weighted by molar-refractivity contribution is 7.89. The monoisotopic (exact) mass is 464 g/mol. The molecule has 1 aliphatic rings. The fourth-order valence-electron chi connectivity index (χ4n) is 4.22. The number of para-hydroxylation sites is 3. The molecular weight excluding hydrogens is 440 g/mol. The number of piperazine rings is 1. The molecule has 3 aromatic carbocycles. The summed E-state index contributed by atoms with van der Waals surface area (Å²) < 4.78 is 32.4. The number of imidazole rings is 1. The molecule has 164 valence electrons. The van der Waals surface area contributed by atoms with Crippen LogP contribution in [-0.4, -0.2) is 52.9 Å². The summed E-state index contributed by atoms with van der Waals surface area (Å²) in [6.07, 6.45) is 0. The number of aromatic nitrogens is 2. The van der Waals surface area contributed by atoms with Gasteiger partial charge in [-0.3, -0.25) is 9.47 Å². The van der Waals surface area contributed by atoms with Crippen molar-refractivity contribution in [3.05, 3.63) is 89.7 Å². The van der Waals surface area contributed by atoms with Crippen molar-refractivity contribution in [2.24, 2.45) is 0 Å². The number of hydrogen-bond acceptors (Lipinski definition) is 4. The standard InChI is InChI=1S/C24H24N4O2S2/c29-32(30,21-11-5-2-6-12-21)26-17-15-25(16-18-26)19-27-22-13-7-8-14-23(22)28(24(27)31)20-9-3-1-4-10-20/h1-14H,15-19H2. The molecule has 0 N–H and O–H groups in total. The molecule has 0 radical (unpaired) electrons. The summed E-state index contributed by atoms with van der Waals surface area (Å²) in [7, 11) is -3.46. The molecule has 2 heterocycles. The molecule has 0 amide bonds. The van der Waals surface area contributed by atoms with Gasteiger partial charge in [-0.15, -0.1) is 0 Å². The summed E-state index contributed by atoms with van der Waals surface area (Å²) in [4.78, 5) is 2.61. The van der Waals surface area contributed by atoms with Crippen LogP contribution in [-0.2, 0) is 16.7 Å².